The molecule has 120 valence electrons. The summed E-state index contributed by atoms with van der Waals surface area (Å²) in [6.45, 7) is 3.10. The first-order valence-electron chi connectivity index (χ1n) is 8.78. The lowest BCUT2D eigenvalue weighted by atomic mass is 9.95. The Morgan fingerprint density at radius 3 is 2.41 bits per heavy atom. The molecule has 1 aromatic rings. The number of nitrogens with zero attached hydrogens (tertiary/aromatic N) is 2. The normalized spacial score (nSPS) is 27.8. The molecule has 3 nitrogen and oxygen atoms in total. The number of hydrogen-bond donors (Lipinski definition) is 0. The van der Waals surface area contributed by atoms with Crippen LogP contribution in [0.15, 0.2) is 30.3 Å². The third-order valence-corrected chi connectivity index (χ3v) is 5.55. The summed E-state index contributed by atoms with van der Waals surface area (Å²) in [5.74, 6) is 0.225. The van der Waals surface area contributed by atoms with E-state index in [2.05, 4.69) is 23.8 Å². The fraction of sp³-hybridized carbons (Fsp3) is 0.632. The van der Waals surface area contributed by atoms with Crippen LogP contribution in [0.3, 0.4) is 0 Å². The zero-order valence-electron chi connectivity index (χ0n) is 13.9. The Morgan fingerprint density at radius 1 is 1.18 bits per heavy atom. The van der Waals surface area contributed by atoms with Crippen LogP contribution in [0.4, 0.5) is 0 Å². The third kappa shape index (κ3) is 3.05. The van der Waals surface area contributed by atoms with E-state index < -0.39 is 0 Å². The van der Waals surface area contributed by atoms with Crippen molar-refractivity contribution in [3.05, 3.63) is 35.9 Å². The van der Waals surface area contributed by atoms with Crippen molar-refractivity contribution < 1.29 is 4.79 Å². The topological polar surface area (TPSA) is 23.6 Å². The number of fused-ring (bicyclic) bond motifs is 2. The van der Waals surface area contributed by atoms with Gasteiger partial charge in [-0.25, -0.2) is 0 Å². The highest BCUT2D eigenvalue weighted by Crippen LogP contribution is 2.36. The van der Waals surface area contributed by atoms with E-state index >= 15 is 0 Å². The van der Waals surface area contributed by atoms with E-state index in [0.29, 0.717) is 18.1 Å². The summed E-state index contributed by atoms with van der Waals surface area (Å²) in [4.78, 5) is 17.7. The zero-order valence-corrected chi connectivity index (χ0v) is 13.9. The summed E-state index contributed by atoms with van der Waals surface area (Å²) in [5, 5.41) is 0. The van der Waals surface area contributed by atoms with E-state index in [-0.39, 0.29) is 5.91 Å². The lowest BCUT2D eigenvalue weighted by Gasteiger charge is -2.42. The van der Waals surface area contributed by atoms with Crippen LogP contribution in [-0.4, -0.2) is 47.4 Å². The van der Waals surface area contributed by atoms with E-state index in [0.717, 1.165) is 37.8 Å². The molecule has 2 saturated heterocycles. The Balaban J connectivity index is 1.77. The van der Waals surface area contributed by atoms with Crippen molar-refractivity contribution >= 4 is 5.91 Å². The van der Waals surface area contributed by atoms with E-state index in [1.54, 1.807) is 0 Å². The molecule has 22 heavy (non-hydrogen) atoms. The molecule has 1 amide bonds. The van der Waals surface area contributed by atoms with E-state index in [4.69, 9.17) is 0 Å². The summed E-state index contributed by atoms with van der Waals surface area (Å²) >= 11 is 0. The smallest absolute Gasteiger partial charge is 0.254 e. The first-order valence-corrected chi connectivity index (χ1v) is 8.78. The fourth-order valence-corrected chi connectivity index (χ4v) is 4.16. The van der Waals surface area contributed by atoms with Gasteiger partial charge in [-0.3, -0.25) is 4.79 Å². The van der Waals surface area contributed by atoms with Crippen LogP contribution < -0.4 is 0 Å². The van der Waals surface area contributed by atoms with Crippen molar-refractivity contribution in [1.29, 1.82) is 0 Å². The molecule has 1 aromatic carbocycles. The molecule has 0 aromatic heterocycles. The Labute approximate surface area is 134 Å². The number of rotatable bonds is 5. The van der Waals surface area contributed by atoms with Gasteiger partial charge in [0.1, 0.15) is 0 Å². The number of carbonyl (C=O) groups is 1. The molecule has 3 heteroatoms. The minimum absolute atomic E-state index is 0.225. The van der Waals surface area contributed by atoms with E-state index in [1.165, 1.54) is 12.8 Å². The fourth-order valence-electron chi connectivity index (χ4n) is 4.16. The monoisotopic (exact) mass is 300 g/mol. The van der Waals surface area contributed by atoms with Crippen LogP contribution in [0.25, 0.3) is 0 Å². The van der Waals surface area contributed by atoms with Gasteiger partial charge < -0.3 is 9.80 Å². The van der Waals surface area contributed by atoms with Gasteiger partial charge >= 0.3 is 0 Å². The molecule has 2 heterocycles. The van der Waals surface area contributed by atoms with Gasteiger partial charge in [0, 0.05) is 30.2 Å². The second kappa shape index (κ2) is 6.82. The standard InChI is InChI=1S/C19H28N2O/c1-3-4-12-21(19(22)15-8-6-5-7-9-15)18-13-16-10-11-17(14-18)20(16)2/h5-9,16-18H,3-4,10-14H2,1-2H3/t16-,17+,18?. The molecular formula is C19H28N2O. The predicted octanol–water partition coefficient (Wildman–Crippen LogP) is 3.55. The molecule has 2 aliphatic heterocycles. The average Bonchev–Trinajstić information content (AvgIpc) is 2.77. The molecule has 0 N–H and O–H groups in total. The second-order valence-corrected chi connectivity index (χ2v) is 6.89. The zero-order chi connectivity index (χ0) is 15.5. The largest absolute Gasteiger partial charge is 0.336 e. The van der Waals surface area contributed by atoms with Gasteiger partial charge in [-0.2, -0.15) is 0 Å². The molecule has 1 unspecified atom stereocenters. The van der Waals surface area contributed by atoms with Crippen molar-refractivity contribution in [3.63, 3.8) is 0 Å². The van der Waals surface area contributed by atoms with Crippen molar-refractivity contribution in [2.45, 2.75) is 63.6 Å². The summed E-state index contributed by atoms with van der Waals surface area (Å²) in [6, 6.07) is 11.6. The van der Waals surface area contributed by atoms with E-state index in [9.17, 15) is 4.79 Å². The van der Waals surface area contributed by atoms with Crippen LogP contribution in [0, 0.1) is 0 Å². The maximum absolute atomic E-state index is 13.0. The Kier molecular flexibility index (Phi) is 4.82. The van der Waals surface area contributed by atoms with Crippen molar-refractivity contribution in [2.24, 2.45) is 0 Å². The summed E-state index contributed by atoms with van der Waals surface area (Å²) in [5.41, 5.74) is 0.838. The number of unbranched alkanes of at least 4 members (excludes halogenated alkanes) is 1. The maximum Gasteiger partial charge on any atom is 0.254 e. The Morgan fingerprint density at radius 2 is 1.82 bits per heavy atom. The van der Waals surface area contributed by atoms with Crippen LogP contribution in [0.1, 0.15) is 55.8 Å². The maximum atomic E-state index is 13.0. The average molecular weight is 300 g/mol. The van der Waals surface area contributed by atoms with Crippen LogP contribution in [-0.2, 0) is 0 Å². The van der Waals surface area contributed by atoms with Gasteiger partial charge in [0.2, 0.25) is 0 Å². The van der Waals surface area contributed by atoms with Gasteiger partial charge in [0.05, 0.1) is 0 Å². The minimum atomic E-state index is 0.225. The number of piperidine rings is 1. The first kappa shape index (κ1) is 15.5. The lowest BCUT2D eigenvalue weighted by Crippen LogP contribution is -2.51. The van der Waals surface area contributed by atoms with Gasteiger partial charge in [-0.05, 0) is 51.3 Å². The summed E-state index contributed by atoms with van der Waals surface area (Å²) in [7, 11) is 2.26. The quantitative estimate of drug-likeness (QED) is 0.830. The van der Waals surface area contributed by atoms with Gasteiger partial charge in [-0.15, -0.1) is 0 Å². The molecule has 0 radical (unpaired) electrons. The molecule has 3 atom stereocenters. The summed E-state index contributed by atoms with van der Waals surface area (Å²) in [6.07, 6.45) is 7.14. The molecule has 0 aliphatic carbocycles. The number of benzene rings is 1. The summed E-state index contributed by atoms with van der Waals surface area (Å²) < 4.78 is 0. The molecule has 0 spiro atoms. The van der Waals surface area contributed by atoms with Crippen LogP contribution in [0.5, 0.6) is 0 Å². The van der Waals surface area contributed by atoms with E-state index in [1.807, 2.05) is 30.3 Å². The second-order valence-electron chi connectivity index (χ2n) is 6.89. The predicted molar refractivity (Wildman–Crippen MR) is 90.0 cm³/mol. The number of carbonyl (C=O) groups excluding carboxylic acids is 1. The highest BCUT2D eigenvalue weighted by atomic mass is 16.2. The highest BCUT2D eigenvalue weighted by molar-refractivity contribution is 5.94. The molecule has 0 saturated carbocycles. The van der Waals surface area contributed by atoms with Crippen molar-refractivity contribution in [2.75, 3.05) is 13.6 Å². The van der Waals surface area contributed by atoms with Gasteiger partial charge in [0.15, 0.2) is 0 Å². The molecular weight excluding hydrogens is 272 g/mol. The molecule has 2 aliphatic rings. The van der Waals surface area contributed by atoms with Gasteiger partial charge in [0.25, 0.3) is 5.91 Å². The molecule has 3 rings (SSSR count). The van der Waals surface area contributed by atoms with Crippen molar-refractivity contribution in [3.8, 4) is 0 Å². The highest BCUT2D eigenvalue weighted by Gasteiger charge is 2.41. The first-order chi connectivity index (χ1) is 10.7. The van der Waals surface area contributed by atoms with Crippen LogP contribution in [0.2, 0.25) is 0 Å². The Hall–Kier alpha value is -1.35. The number of hydrogen-bond acceptors (Lipinski definition) is 2. The number of amides is 1. The van der Waals surface area contributed by atoms with Crippen LogP contribution >= 0.6 is 0 Å². The lowest BCUT2D eigenvalue weighted by molar-refractivity contribution is 0.0480. The third-order valence-electron chi connectivity index (χ3n) is 5.55. The molecule has 2 fully saturated rings. The Bertz CT molecular complexity index is 487. The molecule has 2 bridgehead atoms. The minimum Gasteiger partial charge on any atom is -0.336 e. The van der Waals surface area contributed by atoms with Gasteiger partial charge in [-0.1, -0.05) is 31.5 Å². The van der Waals surface area contributed by atoms with Crippen molar-refractivity contribution in [1.82, 2.24) is 9.80 Å². The SMILES string of the molecule is CCCCN(C(=O)c1ccccc1)C1C[C@H]2CC[C@@H](C1)N2C.